The van der Waals surface area contributed by atoms with Crippen LogP contribution in [-0.2, 0) is 10.8 Å². The first-order chi connectivity index (χ1) is 8.54. The molecule has 0 spiro atoms. The van der Waals surface area contributed by atoms with E-state index in [9.17, 15) is 9.00 Å². The van der Waals surface area contributed by atoms with E-state index in [0.717, 1.165) is 12.1 Å². The molecule has 0 heterocycles. The molecule has 0 bridgehead atoms. The first-order valence-corrected chi connectivity index (χ1v) is 7.55. The third-order valence-corrected chi connectivity index (χ3v) is 4.21. The van der Waals surface area contributed by atoms with Crippen molar-refractivity contribution in [3.63, 3.8) is 0 Å². The fourth-order valence-electron chi connectivity index (χ4n) is 1.45. The normalized spacial score (nSPS) is 13.7. The Morgan fingerprint density at radius 1 is 1.33 bits per heavy atom. The van der Waals surface area contributed by atoms with Gasteiger partial charge >= 0.3 is 0 Å². The van der Waals surface area contributed by atoms with E-state index >= 15 is 0 Å². The number of carbonyl (C=O) groups is 1. The highest BCUT2D eigenvalue weighted by Crippen LogP contribution is 2.08. The van der Waals surface area contributed by atoms with Gasteiger partial charge in [-0.15, -0.1) is 0 Å². The lowest BCUT2D eigenvalue weighted by Crippen LogP contribution is -2.27. The standard InChI is InChI=1S/C13H20N2O2S/c1-10(18(3)17)8-9-15-13(16)11-4-6-12(14-2)7-5-11/h4-7,10,14H,8-9H2,1-3H3,(H,15,16). The van der Waals surface area contributed by atoms with E-state index in [-0.39, 0.29) is 11.2 Å². The number of hydrogen-bond acceptors (Lipinski definition) is 3. The van der Waals surface area contributed by atoms with Gasteiger partial charge in [-0.1, -0.05) is 6.92 Å². The monoisotopic (exact) mass is 268 g/mol. The van der Waals surface area contributed by atoms with Crippen LogP contribution in [-0.4, -0.2) is 35.2 Å². The summed E-state index contributed by atoms with van der Waals surface area (Å²) in [6.45, 7) is 2.47. The summed E-state index contributed by atoms with van der Waals surface area (Å²) in [5.74, 6) is -0.0910. The first kappa shape index (κ1) is 14.7. The summed E-state index contributed by atoms with van der Waals surface area (Å²) in [4.78, 5) is 11.8. The molecule has 1 rings (SSSR count). The number of amides is 1. The number of anilines is 1. The molecule has 4 nitrogen and oxygen atoms in total. The minimum atomic E-state index is -0.833. The SMILES string of the molecule is CNc1ccc(C(=O)NCCC(C)S(C)=O)cc1. The van der Waals surface area contributed by atoms with Crippen LogP contribution in [0.1, 0.15) is 23.7 Å². The Bertz CT molecular complexity index is 418. The second kappa shape index (κ2) is 7.16. The van der Waals surface area contributed by atoms with Gasteiger partial charge in [-0.05, 0) is 30.7 Å². The van der Waals surface area contributed by atoms with Crippen LogP contribution in [0.4, 0.5) is 5.69 Å². The molecule has 0 saturated carbocycles. The molecule has 0 saturated heterocycles. The van der Waals surface area contributed by atoms with Crippen LogP contribution in [0.2, 0.25) is 0 Å². The fourth-order valence-corrected chi connectivity index (χ4v) is 1.90. The van der Waals surface area contributed by atoms with E-state index in [4.69, 9.17) is 0 Å². The lowest BCUT2D eigenvalue weighted by molar-refractivity contribution is 0.0953. The van der Waals surface area contributed by atoms with Gasteiger partial charge in [-0.3, -0.25) is 9.00 Å². The highest BCUT2D eigenvalue weighted by Gasteiger charge is 2.08. The molecule has 0 aromatic heterocycles. The summed E-state index contributed by atoms with van der Waals surface area (Å²) < 4.78 is 11.2. The summed E-state index contributed by atoms with van der Waals surface area (Å²) >= 11 is 0. The Morgan fingerprint density at radius 3 is 2.44 bits per heavy atom. The van der Waals surface area contributed by atoms with Gasteiger partial charge in [-0.2, -0.15) is 0 Å². The van der Waals surface area contributed by atoms with Gasteiger partial charge in [0.2, 0.25) is 0 Å². The molecule has 2 N–H and O–H groups in total. The second-order valence-corrected chi connectivity index (χ2v) is 5.98. The fraction of sp³-hybridized carbons (Fsp3) is 0.462. The summed E-state index contributed by atoms with van der Waals surface area (Å²) in [7, 11) is 1.00. The van der Waals surface area contributed by atoms with E-state index in [1.54, 1.807) is 18.4 Å². The van der Waals surface area contributed by atoms with Crippen LogP contribution < -0.4 is 10.6 Å². The van der Waals surface area contributed by atoms with Crippen LogP contribution in [0.3, 0.4) is 0 Å². The molecule has 0 aliphatic carbocycles. The molecule has 0 fully saturated rings. The Hall–Kier alpha value is -1.36. The molecule has 1 aromatic rings. The van der Waals surface area contributed by atoms with Crippen molar-refractivity contribution in [2.24, 2.45) is 0 Å². The van der Waals surface area contributed by atoms with Crippen LogP contribution in [0, 0.1) is 0 Å². The summed E-state index contributed by atoms with van der Waals surface area (Å²) in [6.07, 6.45) is 2.41. The summed E-state index contributed by atoms with van der Waals surface area (Å²) in [5.41, 5.74) is 1.61. The van der Waals surface area contributed by atoms with E-state index in [0.29, 0.717) is 12.1 Å². The molecule has 2 atom stereocenters. The highest BCUT2D eigenvalue weighted by atomic mass is 32.2. The molecular formula is C13H20N2O2S. The highest BCUT2D eigenvalue weighted by molar-refractivity contribution is 7.84. The topological polar surface area (TPSA) is 58.2 Å². The molecule has 0 aliphatic heterocycles. The minimum absolute atomic E-state index is 0.0910. The predicted octanol–water partition coefficient (Wildman–Crippen LogP) is 1.62. The quantitative estimate of drug-likeness (QED) is 0.824. The van der Waals surface area contributed by atoms with Crippen molar-refractivity contribution < 1.29 is 9.00 Å². The number of hydrogen-bond donors (Lipinski definition) is 2. The van der Waals surface area contributed by atoms with Crippen LogP contribution in [0.15, 0.2) is 24.3 Å². The van der Waals surface area contributed by atoms with Crippen molar-refractivity contribution in [3.05, 3.63) is 29.8 Å². The maximum absolute atomic E-state index is 11.8. The molecular weight excluding hydrogens is 248 g/mol. The first-order valence-electron chi connectivity index (χ1n) is 5.93. The van der Waals surface area contributed by atoms with Gasteiger partial charge in [0.05, 0.1) is 0 Å². The third-order valence-electron chi connectivity index (χ3n) is 2.84. The van der Waals surface area contributed by atoms with Gasteiger partial charge in [0.25, 0.3) is 5.91 Å². The predicted molar refractivity (Wildman–Crippen MR) is 76.5 cm³/mol. The van der Waals surface area contributed by atoms with E-state index in [1.807, 2.05) is 26.1 Å². The Labute approximate surface area is 111 Å². The van der Waals surface area contributed by atoms with Gasteiger partial charge in [0.15, 0.2) is 0 Å². The summed E-state index contributed by atoms with van der Waals surface area (Å²) in [5, 5.41) is 5.93. The zero-order valence-electron chi connectivity index (χ0n) is 11.0. The number of nitrogens with one attached hydrogen (secondary N) is 2. The number of benzene rings is 1. The van der Waals surface area contributed by atoms with Crippen molar-refractivity contribution >= 4 is 22.4 Å². The van der Waals surface area contributed by atoms with Crippen molar-refractivity contribution in [1.82, 2.24) is 5.32 Å². The van der Waals surface area contributed by atoms with Crippen LogP contribution >= 0.6 is 0 Å². The lowest BCUT2D eigenvalue weighted by Gasteiger charge is -2.09. The third kappa shape index (κ3) is 4.49. The molecule has 1 amide bonds. The molecule has 100 valence electrons. The van der Waals surface area contributed by atoms with Crippen molar-refractivity contribution in [2.75, 3.05) is 25.2 Å². The molecule has 0 aliphatic rings. The van der Waals surface area contributed by atoms with Gasteiger partial charge in [-0.25, -0.2) is 0 Å². The Kier molecular flexibility index (Phi) is 5.85. The Balaban J connectivity index is 2.42. The second-order valence-electron chi connectivity index (χ2n) is 4.18. The molecule has 5 heteroatoms. The number of rotatable bonds is 6. The summed E-state index contributed by atoms with van der Waals surface area (Å²) in [6, 6.07) is 7.28. The van der Waals surface area contributed by atoms with E-state index in [2.05, 4.69) is 10.6 Å². The van der Waals surface area contributed by atoms with E-state index < -0.39 is 10.8 Å². The van der Waals surface area contributed by atoms with Gasteiger partial charge in [0, 0.05) is 47.1 Å². The molecule has 2 unspecified atom stereocenters. The smallest absolute Gasteiger partial charge is 0.251 e. The van der Waals surface area contributed by atoms with E-state index in [1.165, 1.54) is 0 Å². The van der Waals surface area contributed by atoms with Gasteiger partial charge < -0.3 is 10.6 Å². The van der Waals surface area contributed by atoms with Crippen LogP contribution in [0.25, 0.3) is 0 Å². The van der Waals surface area contributed by atoms with Gasteiger partial charge in [0.1, 0.15) is 0 Å². The maximum Gasteiger partial charge on any atom is 0.251 e. The average Bonchev–Trinajstić information content (AvgIpc) is 2.38. The zero-order chi connectivity index (χ0) is 13.5. The van der Waals surface area contributed by atoms with Crippen molar-refractivity contribution in [1.29, 1.82) is 0 Å². The average molecular weight is 268 g/mol. The maximum atomic E-state index is 11.8. The molecule has 0 radical (unpaired) electrons. The largest absolute Gasteiger partial charge is 0.388 e. The number of carbonyl (C=O) groups excluding carboxylic acids is 1. The molecule has 18 heavy (non-hydrogen) atoms. The lowest BCUT2D eigenvalue weighted by atomic mass is 10.2. The minimum Gasteiger partial charge on any atom is -0.388 e. The van der Waals surface area contributed by atoms with Crippen molar-refractivity contribution in [3.8, 4) is 0 Å². The van der Waals surface area contributed by atoms with Crippen LogP contribution in [0.5, 0.6) is 0 Å². The molecule has 1 aromatic carbocycles. The van der Waals surface area contributed by atoms with Crippen molar-refractivity contribution in [2.45, 2.75) is 18.6 Å². The zero-order valence-corrected chi connectivity index (χ0v) is 11.8. The Morgan fingerprint density at radius 2 is 1.94 bits per heavy atom.